The van der Waals surface area contributed by atoms with Crippen LogP contribution in [0.2, 0.25) is 0 Å². The molecule has 0 aromatic heterocycles. The highest BCUT2D eigenvalue weighted by Crippen LogP contribution is 2.36. The van der Waals surface area contributed by atoms with Crippen LogP contribution in [0.1, 0.15) is 125 Å². The standard InChI is InChI=1S/C30H57N3O5/c1-6-7-8-9-10-11-12-13-14-15-16-17-18-19-20-35-22-28(21-32-33-31)37-30-26(4)24(2)25(3)29(38-30)23-36-27(5)34/h24-26,28-30H,6-23H2,1-5H3/t24-,25-,26?,28-,29?,30+/m0/s1. The number of unbranched alkanes of at least 4 members (excludes halogenated alkanes) is 13. The van der Waals surface area contributed by atoms with E-state index >= 15 is 0 Å². The monoisotopic (exact) mass is 539 g/mol. The van der Waals surface area contributed by atoms with E-state index in [-0.39, 0.29) is 43.2 Å². The van der Waals surface area contributed by atoms with Gasteiger partial charge in [0.15, 0.2) is 6.29 Å². The molecule has 2 unspecified atom stereocenters. The maximum absolute atomic E-state index is 11.3. The first-order valence-corrected chi connectivity index (χ1v) is 15.4. The molecule has 0 radical (unpaired) electrons. The average Bonchev–Trinajstić information content (AvgIpc) is 2.90. The first-order valence-electron chi connectivity index (χ1n) is 15.4. The lowest BCUT2D eigenvalue weighted by molar-refractivity contribution is -0.273. The number of rotatable bonds is 23. The lowest BCUT2D eigenvalue weighted by Crippen LogP contribution is -2.49. The molecule has 0 saturated carbocycles. The topological polar surface area (TPSA) is 103 Å². The fourth-order valence-electron chi connectivity index (χ4n) is 5.10. The fourth-order valence-corrected chi connectivity index (χ4v) is 5.10. The van der Waals surface area contributed by atoms with Gasteiger partial charge in [-0.05, 0) is 23.8 Å². The van der Waals surface area contributed by atoms with Gasteiger partial charge in [0.1, 0.15) is 6.61 Å². The SMILES string of the molecule is CCCCCCCCCCCCCCCCOC[C@H](CN=[N+]=[N-])O[C@@H]1OC(COC(C)=O)[C@@H](C)[C@H](C)C1C. The van der Waals surface area contributed by atoms with Gasteiger partial charge in [0.25, 0.3) is 0 Å². The Morgan fingerprint density at radius 1 is 0.868 bits per heavy atom. The molecule has 0 aromatic carbocycles. The summed E-state index contributed by atoms with van der Waals surface area (Å²) in [5.41, 5.74) is 8.81. The van der Waals surface area contributed by atoms with Crippen LogP contribution in [-0.2, 0) is 23.7 Å². The third-order valence-electron chi connectivity index (χ3n) is 8.06. The van der Waals surface area contributed by atoms with Gasteiger partial charge >= 0.3 is 5.97 Å². The molecule has 1 aliphatic heterocycles. The van der Waals surface area contributed by atoms with Crippen molar-refractivity contribution in [3.8, 4) is 0 Å². The number of carbonyl (C=O) groups is 1. The average molecular weight is 540 g/mol. The maximum Gasteiger partial charge on any atom is 0.302 e. The van der Waals surface area contributed by atoms with Gasteiger partial charge in [-0.15, -0.1) is 0 Å². The largest absolute Gasteiger partial charge is 0.463 e. The van der Waals surface area contributed by atoms with Crippen molar-refractivity contribution in [2.45, 2.75) is 143 Å². The second-order valence-corrected chi connectivity index (χ2v) is 11.3. The van der Waals surface area contributed by atoms with Crippen LogP contribution in [0.15, 0.2) is 5.11 Å². The summed E-state index contributed by atoms with van der Waals surface area (Å²) in [4.78, 5) is 14.2. The highest BCUT2D eigenvalue weighted by atomic mass is 16.7. The van der Waals surface area contributed by atoms with Gasteiger partial charge in [0.2, 0.25) is 0 Å². The van der Waals surface area contributed by atoms with Crippen molar-refractivity contribution in [1.29, 1.82) is 0 Å². The predicted octanol–water partition coefficient (Wildman–Crippen LogP) is 8.38. The van der Waals surface area contributed by atoms with E-state index in [9.17, 15) is 4.79 Å². The van der Waals surface area contributed by atoms with Gasteiger partial charge in [-0.25, -0.2) is 0 Å². The van der Waals surface area contributed by atoms with Crippen molar-refractivity contribution in [2.75, 3.05) is 26.4 Å². The van der Waals surface area contributed by atoms with E-state index in [4.69, 9.17) is 24.5 Å². The molecule has 38 heavy (non-hydrogen) atoms. The maximum atomic E-state index is 11.3. The number of nitrogens with zero attached hydrogens (tertiary/aromatic N) is 3. The predicted molar refractivity (Wildman–Crippen MR) is 153 cm³/mol. The van der Waals surface area contributed by atoms with E-state index in [0.29, 0.717) is 19.1 Å². The summed E-state index contributed by atoms with van der Waals surface area (Å²) in [6, 6.07) is 0. The van der Waals surface area contributed by atoms with E-state index in [1.54, 1.807) is 0 Å². The number of hydrogen-bond acceptors (Lipinski definition) is 6. The van der Waals surface area contributed by atoms with Crippen molar-refractivity contribution in [2.24, 2.45) is 22.9 Å². The van der Waals surface area contributed by atoms with Crippen LogP contribution in [0.4, 0.5) is 0 Å². The normalized spacial score (nSPS) is 24.1. The molecule has 0 amide bonds. The van der Waals surface area contributed by atoms with Gasteiger partial charge < -0.3 is 18.9 Å². The quantitative estimate of drug-likeness (QED) is 0.0426. The molecule has 0 spiro atoms. The molecule has 222 valence electrons. The highest BCUT2D eigenvalue weighted by Gasteiger charge is 2.41. The molecule has 6 atom stereocenters. The summed E-state index contributed by atoms with van der Waals surface area (Å²) >= 11 is 0. The lowest BCUT2D eigenvalue weighted by atomic mass is 9.79. The summed E-state index contributed by atoms with van der Waals surface area (Å²) in [7, 11) is 0. The Hall–Kier alpha value is -1.34. The number of hydrogen-bond donors (Lipinski definition) is 0. The summed E-state index contributed by atoms with van der Waals surface area (Å²) in [5.74, 6) is 0.392. The minimum Gasteiger partial charge on any atom is -0.463 e. The molecule has 8 heteroatoms. The van der Waals surface area contributed by atoms with E-state index in [1.165, 1.54) is 90.4 Å². The molecular weight excluding hydrogens is 482 g/mol. The molecule has 0 bridgehead atoms. The van der Waals surface area contributed by atoms with E-state index in [1.807, 2.05) is 0 Å². The molecule has 1 rings (SSSR count). The second kappa shape index (κ2) is 22.5. The van der Waals surface area contributed by atoms with Gasteiger partial charge in [-0.1, -0.05) is 116 Å². The molecule has 1 aliphatic rings. The number of ether oxygens (including phenoxy) is 4. The Labute approximate surface area is 232 Å². The molecular formula is C30H57N3O5. The van der Waals surface area contributed by atoms with E-state index in [2.05, 4.69) is 37.7 Å². The molecule has 0 aromatic rings. The number of azide groups is 1. The van der Waals surface area contributed by atoms with Crippen molar-refractivity contribution >= 4 is 5.97 Å². The minimum atomic E-state index is -0.467. The van der Waals surface area contributed by atoms with Gasteiger partial charge in [0.05, 0.1) is 25.4 Å². The van der Waals surface area contributed by atoms with Crippen molar-refractivity contribution < 1.29 is 23.7 Å². The second-order valence-electron chi connectivity index (χ2n) is 11.3. The van der Waals surface area contributed by atoms with Crippen molar-refractivity contribution in [3.63, 3.8) is 0 Å². The van der Waals surface area contributed by atoms with Crippen LogP contribution in [0.3, 0.4) is 0 Å². The van der Waals surface area contributed by atoms with Crippen LogP contribution in [-0.4, -0.2) is 50.8 Å². The molecule has 1 heterocycles. The summed E-state index contributed by atoms with van der Waals surface area (Å²) in [6.45, 7) is 11.5. The number of carbonyl (C=O) groups excluding carboxylic acids is 1. The Bertz CT molecular complexity index is 643. The zero-order valence-corrected chi connectivity index (χ0v) is 25.1. The first kappa shape index (κ1) is 34.7. The third kappa shape index (κ3) is 15.9. The highest BCUT2D eigenvalue weighted by molar-refractivity contribution is 5.65. The molecule has 0 N–H and O–H groups in total. The molecule has 8 nitrogen and oxygen atoms in total. The minimum absolute atomic E-state index is 0.151. The lowest BCUT2D eigenvalue weighted by Gasteiger charge is -2.44. The summed E-state index contributed by atoms with van der Waals surface area (Å²) in [5, 5.41) is 3.72. The summed E-state index contributed by atoms with van der Waals surface area (Å²) < 4.78 is 23.5. The summed E-state index contributed by atoms with van der Waals surface area (Å²) in [6.07, 6.45) is 17.5. The molecule has 0 aliphatic carbocycles. The van der Waals surface area contributed by atoms with Crippen LogP contribution in [0.5, 0.6) is 0 Å². The fraction of sp³-hybridized carbons (Fsp3) is 0.967. The zero-order valence-electron chi connectivity index (χ0n) is 25.1. The molecule has 1 saturated heterocycles. The first-order chi connectivity index (χ1) is 18.4. The Kier molecular flexibility index (Phi) is 20.5. The van der Waals surface area contributed by atoms with E-state index in [0.717, 1.165) is 6.42 Å². The van der Waals surface area contributed by atoms with Crippen LogP contribution < -0.4 is 0 Å². The van der Waals surface area contributed by atoms with Crippen molar-refractivity contribution in [3.05, 3.63) is 10.4 Å². The van der Waals surface area contributed by atoms with Crippen molar-refractivity contribution in [1.82, 2.24) is 0 Å². The Morgan fingerprint density at radius 3 is 1.95 bits per heavy atom. The van der Waals surface area contributed by atoms with Crippen LogP contribution in [0.25, 0.3) is 10.4 Å². The van der Waals surface area contributed by atoms with E-state index < -0.39 is 6.29 Å². The smallest absolute Gasteiger partial charge is 0.302 e. The Balaban J connectivity index is 2.21. The number of esters is 1. The molecule has 1 fully saturated rings. The van der Waals surface area contributed by atoms with Gasteiger partial charge in [0, 0.05) is 24.4 Å². The van der Waals surface area contributed by atoms with Gasteiger partial charge in [-0.2, -0.15) is 0 Å². The zero-order chi connectivity index (χ0) is 28.0. The van der Waals surface area contributed by atoms with Gasteiger partial charge in [-0.3, -0.25) is 4.79 Å². The Morgan fingerprint density at radius 2 is 1.42 bits per heavy atom. The van der Waals surface area contributed by atoms with Crippen LogP contribution in [0, 0.1) is 17.8 Å². The third-order valence-corrected chi connectivity index (χ3v) is 8.06. The van der Waals surface area contributed by atoms with Crippen LogP contribution >= 0.6 is 0 Å².